The Morgan fingerprint density at radius 2 is 2.07 bits per heavy atom. The minimum absolute atomic E-state index is 0.159. The zero-order valence-electron chi connectivity index (χ0n) is 14.4. The van der Waals surface area contributed by atoms with Crippen LogP contribution in [0.2, 0.25) is 5.02 Å². The number of benzene rings is 1. The zero-order chi connectivity index (χ0) is 19.4. The van der Waals surface area contributed by atoms with Crippen molar-refractivity contribution in [2.45, 2.75) is 25.9 Å². The first-order valence-electron chi connectivity index (χ1n) is 8.23. The highest BCUT2D eigenvalue weighted by atomic mass is 35.5. The van der Waals surface area contributed by atoms with E-state index >= 15 is 0 Å². The van der Waals surface area contributed by atoms with Gasteiger partial charge in [0.25, 0.3) is 0 Å². The number of nitrogens with zero attached hydrogens (tertiary/aromatic N) is 5. The van der Waals surface area contributed by atoms with Crippen molar-refractivity contribution in [3.63, 3.8) is 0 Å². The highest BCUT2D eigenvalue weighted by Crippen LogP contribution is 2.19. The molecule has 2 aromatic heterocycles. The van der Waals surface area contributed by atoms with Gasteiger partial charge in [-0.05, 0) is 18.1 Å². The molecule has 0 aliphatic heterocycles. The maximum absolute atomic E-state index is 12.5. The minimum Gasteiger partial charge on any atom is -0.322 e. The average Bonchev–Trinajstić information content (AvgIpc) is 3.28. The number of rotatable bonds is 7. The number of halogens is 1. The number of hydrogen-bond donors (Lipinski definition) is 1. The first-order valence-corrected chi connectivity index (χ1v) is 8.61. The van der Waals surface area contributed by atoms with Gasteiger partial charge in [-0.1, -0.05) is 36.7 Å². The summed E-state index contributed by atoms with van der Waals surface area (Å²) in [5.74, 6) is -0.326. The lowest BCUT2D eigenvalue weighted by atomic mass is 10.2. The maximum atomic E-state index is 12.5. The van der Waals surface area contributed by atoms with Crippen molar-refractivity contribution in [1.82, 2.24) is 19.6 Å². The lowest BCUT2D eigenvalue weighted by Gasteiger charge is -2.14. The van der Waals surface area contributed by atoms with Crippen LogP contribution in [-0.4, -0.2) is 30.4 Å². The summed E-state index contributed by atoms with van der Waals surface area (Å²) in [6.07, 6.45) is 6.02. The molecule has 1 atom stereocenters. The van der Waals surface area contributed by atoms with Crippen LogP contribution in [-0.2, 0) is 11.3 Å². The lowest BCUT2D eigenvalue weighted by Crippen LogP contribution is -2.25. The Hall–Kier alpha value is -3.20. The number of nitrogens with one attached hydrogen (secondary N) is 1. The largest absolute Gasteiger partial charge is 0.322 e. The molecule has 3 aromatic rings. The molecule has 1 N–H and O–H groups in total. The van der Waals surface area contributed by atoms with Gasteiger partial charge in [0, 0.05) is 11.2 Å². The van der Waals surface area contributed by atoms with Crippen molar-refractivity contribution in [3.8, 4) is 0 Å². The molecule has 3 rings (SSSR count). The van der Waals surface area contributed by atoms with Gasteiger partial charge in [-0.3, -0.25) is 24.3 Å². The van der Waals surface area contributed by atoms with Crippen molar-refractivity contribution in [2.24, 2.45) is 0 Å². The molecule has 0 spiro atoms. The summed E-state index contributed by atoms with van der Waals surface area (Å²) in [4.78, 5) is 22.8. The Balaban J connectivity index is 1.69. The molecule has 0 bridgehead atoms. The van der Waals surface area contributed by atoms with E-state index in [1.54, 1.807) is 23.9 Å². The highest BCUT2D eigenvalue weighted by molar-refractivity contribution is 6.31. The summed E-state index contributed by atoms with van der Waals surface area (Å²) in [5.41, 5.74) is 1.27. The molecule has 9 nitrogen and oxygen atoms in total. The van der Waals surface area contributed by atoms with Crippen LogP contribution in [0, 0.1) is 10.1 Å². The van der Waals surface area contributed by atoms with E-state index in [9.17, 15) is 14.9 Å². The van der Waals surface area contributed by atoms with Crippen LogP contribution in [0.25, 0.3) is 0 Å². The summed E-state index contributed by atoms with van der Waals surface area (Å²) in [7, 11) is 0. The van der Waals surface area contributed by atoms with E-state index in [1.807, 2.05) is 18.2 Å². The third-order valence-corrected chi connectivity index (χ3v) is 4.37. The first kappa shape index (κ1) is 18.6. The fourth-order valence-corrected chi connectivity index (χ4v) is 2.82. The molecule has 27 heavy (non-hydrogen) atoms. The number of carbonyl (C=O) groups is 1. The second-order valence-electron chi connectivity index (χ2n) is 5.87. The highest BCUT2D eigenvalue weighted by Gasteiger charge is 2.22. The van der Waals surface area contributed by atoms with E-state index in [0.717, 1.165) is 11.8 Å². The van der Waals surface area contributed by atoms with Crippen molar-refractivity contribution >= 4 is 28.9 Å². The monoisotopic (exact) mass is 388 g/mol. The number of anilines is 1. The molecule has 1 aromatic carbocycles. The Bertz CT molecular complexity index is 967. The first-order chi connectivity index (χ1) is 13.0. The van der Waals surface area contributed by atoms with Crippen LogP contribution < -0.4 is 5.32 Å². The van der Waals surface area contributed by atoms with E-state index < -0.39 is 11.0 Å². The summed E-state index contributed by atoms with van der Waals surface area (Å²) in [5, 5.41) is 22.3. The van der Waals surface area contributed by atoms with E-state index in [1.165, 1.54) is 17.1 Å². The van der Waals surface area contributed by atoms with Crippen LogP contribution in [0.15, 0.2) is 49.1 Å². The van der Waals surface area contributed by atoms with Crippen LogP contribution >= 0.6 is 11.6 Å². The summed E-state index contributed by atoms with van der Waals surface area (Å²) < 4.78 is 2.96. The Morgan fingerprint density at radius 3 is 2.74 bits per heavy atom. The van der Waals surface area contributed by atoms with Gasteiger partial charge in [-0.2, -0.15) is 10.2 Å². The maximum Gasteiger partial charge on any atom is 0.307 e. The standard InChI is InChI=1S/C17H17ClN6O3/c1-2-16(23-11-14(8-20-23)24(26)27)17(25)21-13-7-19-22(10-13)9-12-5-3-4-6-15(12)18/h3-8,10-11,16H,2,9H2,1H3,(H,21,25). The van der Waals surface area contributed by atoms with E-state index in [-0.39, 0.29) is 11.6 Å². The number of aromatic nitrogens is 4. The molecule has 140 valence electrons. The summed E-state index contributed by atoms with van der Waals surface area (Å²) in [6, 6.07) is 6.79. The van der Waals surface area contributed by atoms with Gasteiger partial charge in [0.2, 0.25) is 5.91 Å². The van der Waals surface area contributed by atoms with Gasteiger partial charge < -0.3 is 5.32 Å². The fourth-order valence-electron chi connectivity index (χ4n) is 2.63. The third kappa shape index (κ3) is 4.32. The van der Waals surface area contributed by atoms with Crippen molar-refractivity contribution < 1.29 is 9.72 Å². The molecule has 0 aliphatic rings. The molecule has 0 aliphatic carbocycles. The molecule has 0 saturated carbocycles. The number of nitro groups is 1. The second-order valence-corrected chi connectivity index (χ2v) is 6.27. The van der Waals surface area contributed by atoms with Gasteiger partial charge in [0.15, 0.2) is 0 Å². The van der Waals surface area contributed by atoms with Gasteiger partial charge in [0.1, 0.15) is 18.4 Å². The van der Waals surface area contributed by atoms with Gasteiger partial charge in [-0.25, -0.2) is 0 Å². The normalized spacial score (nSPS) is 11.9. The lowest BCUT2D eigenvalue weighted by molar-refractivity contribution is -0.385. The molecule has 2 heterocycles. The van der Waals surface area contributed by atoms with Gasteiger partial charge >= 0.3 is 5.69 Å². The predicted octanol–water partition coefficient (Wildman–Crippen LogP) is 3.28. The number of hydrogen-bond acceptors (Lipinski definition) is 5. The van der Waals surface area contributed by atoms with E-state index in [4.69, 9.17) is 11.6 Å². The third-order valence-electron chi connectivity index (χ3n) is 4.00. The molecular formula is C17H17ClN6O3. The van der Waals surface area contributed by atoms with Crippen LogP contribution in [0.5, 0.6) is 0 Å². The fraction of sp³-hybridized carbons (Fsp3) is 0.235. The van der Waals surface area contributed by atoms with Crippen LogP contribution in [0.4, 0.5) is 11.4 Å². The Labute approximate surface area is 159 Å². The number of carbonyl (C=O) groups excluding carboxylic acids is 1. The molecule has 0 saturated heterocycles. The predicted molar refractivity (Wildman–Crippen MR) is 99.6 cm³/mol. The summed E-state index contributed by atoms with van der Waals surface area (Å²) >= 11 is 6.15. The van der Waals surface area contributed by atoms with Crippen molar-refractivity contribution in [2.75, 3.05) is 5.32 Å². The van der Waals surface area contributed by atoms with E-state index in [2.05, 4.69) is 15.5 Å². The molecule has 10 heteroatoms. The molecular weight excluding hydrogens is 372 g/mol. The Morgan fingerprint density at radius 1 is 1.30 bits per heavy atom. The van der Waals surface area contributed by atoms with Gasteiger partial charge in [-0.15, -0.1) is 0 Å². The van der Waals surface area contributed by atoms with Crippen LogP contribution in [0.1, 0.15) is 24.9 Å². The SMILES string of the molecule is CCC(C(=O)Nc1cnn(Cc2ccccc2Cl)c1)n1cc([N+](=O)[O-])cn1. The second kappa shape index (κ2) is 8.00. The number of amides is 1. The topological polar surface area (TPSA) is 108 Å². The molecule has 1 amide bonds. The molecule has 1 unspecified atom stereocenters. The summed E-state index contributed by atoms with van der Waals surface area (Å²) in [6.45, 7) is 2.27. The Kier molecular flexibility index (Phi) is 5.51. The smallest absolute Gasteiger partial charge is 0.307 e. The average molecular weight is 389 g/mol. The zero-order valence-corrected chi connectivity index (χ0v) is 15.2. The molecule has 0 radical (unpaired) electrons. The van der Waals surface area contributed by atoms with Crippen LogP contribution in [0.3, 0.4) is 0 Å². The molecule has 0 fully saturated rings. The van der Waals surface area contributed by atoms with Gasteiger partial charge in [0.05, 0.1) is 23.4 Å². The quantitative estimate of drug-likeness (QED) is 0.493. The van der Waals surface area contributed by atoms with E-state index in [0.29, 0.717) is 23.7 Å². The van der Waals surface area contributed by atoms with Crippen molar-refractivity contribution in [3.05, 3.63) is 69.8 Å². The van der Waals surface area contributed by atoms with Crippen molar-refractivity contribution in [1.29, 1.82) is 0 Å². The minimum atomic E-state index is -0.661.